The molecule has 51 heavy (non-hydrogen) atoms. The molecular formula is C41H56N4O6. The van der Waals surface area contributed by atoms with Gasteiger partial charge in [-0.15, -0.1) is 0 Å². The van der Waals surface area contributed by atoms with Gasteiger partial charge in [-0.05, 0) is 93.0 Å². The van der Waals surface area contributed by atoms with Crippen LogP contribution in [0.2, 0.25) is 0 Å². The van der Waals surface area contributed by atoms with Crippen molar-refractivity contribution in [2.24, 2.45) is 5.41 Å². The first-order valence-electron chi connectivity index (χ1n) is 18.4. The summed E-state index contributed by atoms with van der Waals surface area (Å²) in [6, 6.07) is 19.9. The lowest BCUT2D eigenvalue weighted by Crippen LogP contribution is -2.43. The molecule has 1 fully saturated rings. The largest absolute Gasteiger partial charge is 0.508 e. The Labute approximate surface area is 303 Å². The zero-order valence-corrected chi connectivity index (χ0v) is 30.8. The van der Waals surface area contributed by atoms with Crippen LogP contribution in [-0.4, -0.2) is 98.0 Å². The molecule has 2 heterocycles. The first-order valence-corrected chi connectivity index (χ1v) is 18.4. The van der Waals surface area contributed by atoms with E-state index >= 15 is 0 Å². The number of piperidine rings is 1. The molecular weight excluding hydrogens is 644 g/mol. The lowest BCUT2D eigenvalue weighted by molar-refractivity contribution is -0.133. The summed E-state index contributed by atoms with van der Waals surface area (Å²) >= 11 is 0. The number of ether oxygens (including phenoxy) is 2. The van der Waals surface area contributed by atoms with Gasteiger partial charge in [0.15, 0.2) is 12.4 Å². The van der Waals surface area contributed by atoms with E-state index < -0.39 is 0 Å². The standard InChI is InChI=1S/C41H56N4O6/c1-5-40(2,3)29-45(24-21-42-20-15-31-12-14-35(47)38-39(31)51-28-36(48)43-38)37(49)17-26-50-25-16-30-11-13-34(46)33(27-30)41(18-22-44(4)23-19-41)32-9-7-6-8-10-32/h6-14,27,42,46-47H,5,15-26,28-29H2,1-4H3,(H,43,48). The number of nitrogens with zero attached hydrogens (tertiary/aromatic N) is 2. The van der Waals surface area contributed by atoms with E-state index in [0.29, 0.717) is 75.8 Å². The van der Waals surface area contributed by atoms with Crippen molar-refractivity contribution in [3.05, 3.63) is 82.9 Å². The number of carbonyl (C=O) groups excluding carboxylic acids is 2. The van der Waals surface area contributed by atoms with E-state index in [1.165, 1.54) is 5.56 Å². The molecule has 0 spiro atoms. The van der Waals surface area contributed by atoms with Gasteiger partial charge < -0.3 is 40.1 Å². The SMILES string of the molecule is CCC(C)(C)CN(CCNCCc1ccc(O)c2c1OCC(=O)N2)C(=O)CCOCCc1ccc(O)c(C2(c3ccccc3)CCN(C)CC2)c1. The van der Waals surface area contributed by atoms with Crippen LogP contribution in [0.3, 0.4) is 0 Å². The number of aromatic hydroxyl groups is 2. The van der Waals surface area contributed by atoms with Crippen molar-refractivity contribution in [2.75, 3.05) is 71.5 Å². The molecule has 2 aliphatic heterocycles. The van der Waals surface area contributed by atoms with Crippen LogP contribution in [-0.2, 0) is 32.6 Å². The number of benzene rings is 3. The van der Waals surface area contributed by atoms with Crippen LogP contribution in [0, 0.1) is 5.41 Å². The highest BCUT2D eigenvalue weighted by Gasteiger charge is 2.39. The molecule has 0 aromatic heterocycles. The number of amides is 2. The van der Waals surface area contributed by atoms with Gasteiger partial charge in [-0.25, -0.2) is 0 Å². The van der Waals surface area contributed by atoms with Crippen LogP contribution < -0.4 is 15.4 Å². The highest BCUT2D eigenvalue weighted by Crippen LogP contribution is 2.45. The zero-order chi connectivity index (χ0) is 36.4. The summed E-state index contributed by atoms with van der Waals surface area (Å²) in [5.41, 5.74) is 4.32. The zero-order valence-electron chi connectivity index (χ0n) is 30.8. The molecule has 0 saturated carbocycles. The van der Waals surface area contributed by atoms with Gasteiger partial charge >= 0.3 is 0 Å². The van der Waals surface area contributed by atoms with Gasteiger partial charge in [-0.2, -0.15) is 0 Å². The topological polar surface area (TPSA) is 124 Å². The molecule has 0 aliphatic carbocycles. The number of carbonyl (C=O) groups is 2. The summed E-state index contributed by atoms with van der Waals surface area (Å²) in [5.74, 6) is 0.628. The Morgan fingerprint density at radius 2 is 1.76 bits per heavy atom. The molecule has 3 aromatic rings. The van der Waals surface area contributed by atoms with E-state index in [1.54, 1.807) is 6.07 Å². The van der Waals surface area contributed by atoms with Crippen LogP contribution in [0.4, 0.5) is 5.69 Å². The first kappa shape index (κ1) is 38.1. The van der Waals surface area contributed by atoms with Crippen LogP contribution in [0.5, 0.6) is 17.2 Å². The number of anilines is 1. The molecule has 1 saturated heterocycles. The quantitative estimate of drug-likeness (QED) is 0.108. The minimum absolute atomic E-state index is 0.00910. The van der Waals surface area contributed by atoms with Gasteiger partial charge in [0, 0.05) is 30.6 Å². The third-order valence-corrected chi connectivity index (χ3v) is 10.6. The smallest absolute Gasteiger partial charge is 0.262 e. The van der Waals surface area contributed by atoms with E-state index in [1.807, 2.05) is 29.2 Å². The van der Waals surface area contributed by atoms with Gasteiger partial charge in [-0.1, -0.05) is 69.3 Å². The molecule has 3 aromatic carbocycles. The lowest BCUT2D eigenvalue weighted by Gasteiger charge is -2.42. The van der Waals surface area contributed by atoms with E-state index in [2.05, 4.69) is 73.7 Å². The van der Waals surface area contributed by atoms with Crippen LogP contribution >= 0.6 is 0 Å². The predicted molar refractivity (Wildman–Crippen MR) is 201 cm³/mol. The number of likely N-dealkylation sites (tertiary alicyclic amines) is 1. The number of nitrogens with one attached hydrogen (secondary N) is 2. The molecule has 0 radical (unpaired) electrons. The maximum atomic E-state index is 13.4. The fraction of sp³-hybridized carbons (Fsp3) is 0.512. The van der Waals surface area contributed by atoms with Crippen molar-refractivity contribution in [2.45, 2.75) is 64.7 Å². The van der Waals surface area contributed by atoms with Crippen molar-refractivity contribution < 1.29 is 29.3 Å². The van der Waals surface area contributed by atoms with Gasteiger partial charge in [-0.3, -0.25) is 9.59 Å². The summed E-state index contributed by atoms with van der Waals surface area (Å²) in [5, 5.41) is 27.3. The Bertz CT molecular complexity index is 1620. The van der Waals surface area contributed by atoms with E-state index in [9.17, 15) is 19.8 Å². The Morgan fingerprint density at radius 1 is 1.02 bits per heavy atom. The van der Waals surface area contributed by atoms with Crippen molar-refractivity contribution in [1.29, 1.82) is 0 Å². The summed E-state index contributed by atoms with van der Waals surface area (Å²) in [6.45, 7) is 11.8. The molecule has 2 amide bonds. The number of rotatable bonds is 17. The van der Waals surface area contributed by atoms with Crippen molar-refractivity contribution in [3.63, 3.8) is 0 Å². The summed E-state index contributed by atoms with van der Waals surface area (Å²) < 4.78 is 11.6. The summed E-state index contributed by atoms with van der Waals surface area (Å²) in [7, 11) is 2.15. The number of hydrogen-bond acceptors (Lipinski definition) is 8. The molecule has 0 atom stereocenters. The Kier molecular flexibility index (Phi) is 13.0. The van der Waals surface area contributed by atoms with Gasteiger partial charge in [0.2, 0.25) is 5.91 Å². The van der Waals surface area contributed by atoms with Crippen molar-refractivity contribution in [1.82, 2.24) is 15.1 Å². The van der Waals surface area contributed by atoms with Gasteiger partial charge in [0.1, 0.15) is 17.2 Å². The normalized spacial score (nSPS) is 15.9. The summed E-state index contributed by atoms with van der Waals surface area (Å²) in [4.78, 5) is 29.4. The fourth-order valence-corrected chi connectivity index (χ4v) is 7.10. The van der Waals surface area contributed by atoms with Crippen molar-refractivity contribution >= 4 is 17.5 Å². The van der Waals surface area contributed by atoms with Crippen LogP contribution in [0.25, 0.3) is 0 Å². The van der Waals surface area contributed by atoms with Gasteiger partial charge in [0.05, 0.1) is 19.6 Å². The minimum atomic E-state index is -0.287. The highest BCUT2D eigenvalue weighted by atomic mass is 16.5. The Morgan fingerprint density at radius 3 is 2.51 bits per heavy atom. The van der Waals surface area contributed by atoms with E-state index in [-0.39, 0.29) is 35.0 Å². The summed E-state index contributed by atoms with van der Waals surface area (Å²) in [6.07, 6.45) is 4.51. The molecule has 5 rings (SSSR count). The molecule has 276 valence electrons. The molecule has 2 aliphatic rings. The fourth-order valence-electron chi connectivity index (χ4n) is 7.10. The molecule has 10 nitrogen and oxygen atoms in total. The Hall–Kier alpha value is -4.12. The molecule has 0 bridgehead atoms. The van der Waals surface area contributed by atoms with E-state index in [0.717, 1.165) is 49.0 Å². The second-order valence-corrected chi connectivity index (χ2v) is 14.8. The average molecular weight is 701 g/mol. The number of phenolic OH excluding ortho intramolecular Hbond substituents is 2. The number of fused-ring (bicyclic) bond motifs is 1. The number of hydrogen-bond donors (Lipinski definition) is 4. The van der Waals surface area contributed by atoms with Crippen LogP contribution in [0.15, 0.2) is 60.7 Å². The van der Waals surface area contributed by atoms with Gasteiger partial charge in [0.25, 0.3) is 5.91 Å². The van der Waals surface area contributed by atoms with Crippen molar-refractivity contribution in [3.8, 4) is 17.2 Å². The monoisotopic (exact) mass is 700 g/mol. The highest BCUT2D eigenvalue weighted by molar-refractivity contribution is 5.97. The second-order valence-electron chi connectivity index (χ2n) is 14.8. The maximum Gasteiger partial charge on any atom is 0.262 e. The maximum absolute atomic E-state index is 13.4. The minimum Gasteiger partial charge on any atom is -0.508 e. The molecule has 4 N–H and O–H groups in total. The molecule has 0 unspecified atom stereocenters. The second kappa shape index (κ2) is 17.4. The average Bonchev–Trinajstić information content (AvgIpc) is 3.13. The van der Waals surface area contributed by atoms with E-state index in [4.69, 9.17) is 9.47 Å². The third kappa shape index (κ3) is 9.81. The lowest BCUT2D eigenvalue weighted by atomic mass is 9.67. The predicted octanol–water partition coefficient (Wildman–Crippen LogP) is 5.49. The van der Waals surface area contributed by atoms with Crippen LogP contribution in [0.1, 0.15) is 68.7 Å². The Balaban J connectivity index is 1.11. The first-order chi connectivity index (χ1) is 24.5. The third-order valence-electron chi connectivity index (χ3n) is 10.6. The molecule has 10 heteroatoms. The number of phenols is 2.